The van der Waals surface area contributed by atoms with Gasteiger partial charge >= 0.3 is 6.03 Å². The van der Waals surface area contributed by atoms with Crippen LogP contribution in [0.2, 0.25) is 0 Å². The maximum Gasteiger partial charge on any atom is 0.314 e. The number of carbonyl (C=O) groups is 1. The van der Waals surface area contributed by atoms with E-state index in [2.05, 4.69) is 10.6 Å². The van der Waals surface area contributed by atoms with Crippen molar-refractivity contribution in [3.05, 3.63) is 35.9 Å². The second-order valence-electron chi connectivity index (χ2n) is 2.98. The number of nitrogens with one attached hydrogen (secondary N) is 2. The minimum Gasteiger partial charge on any atom is -0.341 e. The highest BCUT2D eigenvalue weighted by Gasteiger charge is 2.05. The van der Waals surface area contributed by atoms with E-state index in [1.54, 1.807) is 7.05 Å². The molecule has 4 heteroatoms. The van der Waals surface area contributed by atoms with Crippen LogP contribution in [-0.4, -0.2) is 19.6 Å². The molecule has 1 unspecified atom stereocenters. The Morgan fingerprint density at radius 3 is 2.64 bits per heavy atom. The van der Waals surface area contributed by atoms with E-state index >= 15 is 0 Å². The number of hydrogen-bond acceptors (Lipinski definition) is 2. The predicted molar refractivity (Wildman–Crippen MR) is 55.8 cm³/mol. The summed E-state index contributed by atoms with van der Waals surface area (Å²) in [4.78, 5) is 10.9. The van der Waals surface area contributed by atoms with Gasteiger partial charge in [0, 0.05) is 19.6 Å². The zero-order valence-corrected chi connectivity index (χ0v) is 8.16. The number of benzene rings is 1. The minimum atomic E-state index is -0.212. The molecule has 0 aliphatic rings. The lowest BCUT2D eigenvalue weighted by Crippen LogP contribution is -2.37. The third kappa shape index (κ3) is 3.06. The van der Waals surface area contributed by atoms with Gasteiger partial charge in [-0.2, -0.15) is 0 Å². The Labute approximate surface area is 83.5 Å². The van der Waals surface area contributed by atoms with Crippen molar-refractivity contribution >= 4 is 6.03 Å². The molecule has 2 amide bonds. The Hall–Kier alpha value is -1.55. The molecule has 0 aromatic heterocycles. The Morgan fingerprint density at radius 2 is 2.07 bits per heavy atom. The number of carbonyl (C=O) groups excluding carboxylic acids is 1. The van der Waals surface area contributed by atoms with Crippen molar-refractivity contribution in [3.63, 3.8) is 0 Å². The number of amides is 2. The van der Waals surface area contributed by atoms with Crippen molar-refractivity contribution in [2.24, 2.45) is 5.73 Å². The Morgan fingerprint density at radius 1 is 1.43 bits per heavy atom. The van der Waals surface area contributed by atoms with Crippen molar-refractivity contribution in [3.8, 4) is 0 Å². The summed E-state index contributed by atoms with van der Waals surface area (Å²) >= 11 is 0. The second-order valence-corrected chi connectivity index (χ2v) is 2.98. The molecule has 0 bridgehead atoms. The summed E-state index contributed by atoms with van der Waals surface area (Å²) in [5.74, 6) is 0. The van der Waals surface area contributed by atoms with Gasteiger partial charge in [-0.1, -0.05) is 30.3 Å². The van der Waals surface area contributed by atoms with Gasteiger partial charge in [0.2, 0.25) is 0 Å². The molecule has 1 aromatic carbocycles. The molecule has 0 radical (unpaired) electrons. The predicted octanol–water partition coefficient (Wildman–Crippen LogP) is 0.615. The summed E-state index contributed by atoms with van der Waals surface area (Å²) in [6.45, 7) is 0.434. The monoisotopic (exact) mass is 193 g/mol. The van der Waals surface area contributed by atoms with Crippen molar-refractivity contribution < 1.29 is 4.79 Å². The van der Waals surface area contributed by atoms with Crippen LogP contribution in [0.3, 0.4) is 0 Å². The smallest absolute Gasteiger partial charge is 0.314 e. The number of hydrogen-bond donors (Lipinski definition) is 3. The Kier molecular flexibility index (Phi) is 3.94. The van der Waals surface area contributed by atoms with Crippen LogP contribution in [0.25, 0.3) is 0 Å². The molecule has 1 rings (SSSR count). The molecule has 0 spiro atoms. The van der Waals surface area contributed by atoms with Gasteiger partial charge in [0.1, 0.15) is 0 Å². The summed E-state index contributed by atoms with van der Waals surface area (Å²) in [6, 6.07) is 9.30. The first-order chi connectivity index (χ1) is 6.74. The lowest BCUT2D eigenvalue weighted by molar-refractivity contribution is 0.242. The van der Waals surface area contributed by atoms with Crippen molar-refractivity contribution in [1.82, 2.24) is 10.6 Å². The fourth-order valence-electron chi connectivity index (χ4n) is 1.11. The molecule has 4 nitrogen and oxygen atoms in total. The van der Waals surface area contributed by atoms with Crippen LogP contribution in [0.5, 0.6) is 0 Å². The summed E-state index contributed by atoms with van der Waals surface area (Å²) < 4.78 is 0. The van der Waals surface area contributed by atoms with Crippen molar-refractivity contribution in [2.75, 3.05) is 13.6 Å². The molecular formula is C10H15N3O. The third-order valence-corrected chi connectivity index (χ3v) is 1.94. The van der Waals surface area contributed by atoms with Crippen molar-refractivity contribution in [1.29, 1.82) is 0 Å². The highest BCUT2D eigenvalue weighted by atomic mass is 16.2. The van der Waals surface area contributed by atoms with E-state index in [9.17, 15) is 4.79 Å². The van der Waals surface area contributed by atoms with E-state index < -0.39 is 0 Å². The Bertz CT molecular complexity index is 287. The van der Waals surface area contributed by atoms with E-state index in [0.29, 0.717) is 6.54 Å². The molecule has 0 saturated heterocycles. The number of rotatable bonds is 3. The summed E-state index contributed by atoms with van der Waals surface area (Å²) in [6.07, 6.45) is 0. The molecular weight excluding hydrogens is 178 g/mol. The topological polar surface area (TPSA) is 67.2 Å². The minimum absolute atomic E-state index is 0.159. The van der Waals surface area contributed by atoms with Crippen LogP contribution in [0.4, 0.5) is 4.79 Å². The van der Waals surface area contributed by atoms with E-state index in [0.717, 1.165) is 5.56 Å². The van der Waals surface area contributed by atoms with Crippen LogP contribution in [0.15, 0.2) is 30.3 Å². The quantitative estimate of drug-likeness (QED) is 0.658. The normalized spacial score (nSPS) is 11.9. The van der Waals surface area contributed by atoms with Gasteiger partial charge < -0.3 is 16.4 Å². The second kappa shape index (κ2) is 5.24. The zero-order chi connectivity index (χ0) is 10.4. The summed E-state index contributed by atoms with van der Waals surface area (Å²) in [5.41, 5.74) is 6.87. The van der Waals surface area contributed by atoms with Crippen LogP contribution in [-0.2, 0) is 0 Å². The van der Waals surface area contributed by atoms with Gasteiger partial charge in [-0.05, 0) is 5.56 Å². The van der Waals surface area contributed by atoms with Gasteiger partial charge in [-0.15, -0.1) is 0 Å². The molecule has 0 aliphatic heterocycles. The maximum atomic E-state index is 10.9. The lowest BCUT2D eigenvalue weighted by atomic mass is 10.1. The first-order valence-corrected chi connectivity index (χ1v) is 4.50. The maximum absolute atomic E-state index is 10.9. The Balaban J connectivity index is 2.43. The highest BCUT2D eigenvalue weighted by Crippen LogP contribution is 2.07. The van der Waals surface area contributed by atoms with Gasteiger partial charge in [0.25, 0.3) is 0 Å². The molecule has 0 aliphatic carbocycles. The number of urea groups is 1. The third-order valence-electron chi connectivity index (χ3n) is 1.94. The van der Waals surface area contributed by atoms with Gasteiger partial charge in [-0.25, -0.2) is 4.79 Å². The van der Waals surface area contributed by atoms with Crippen LogP contribution in [0.1, 0.15) is 11.6 Å². The van der Waals surface area contributed by atoms with E-state index in [1.165, 1.54) is 0 Å². The molecule has 0 heterocycles. The van der Waals surface area contributed by atoms with E-state index in [1.807, 2.05) is 30.3 Å². The van der Waals surface area contributed by atoms with E-state index in [-0.39, 0.29) is 12.1 Å². The molecule has 4 N–H and O–H groups in total. The lowest BCUT2D eigenvalue weighted by Gasteiger charge is -2.12. The highest BCUT2D eigenvalue weighted by molar-refractivity contribution is 5.73. The van der Waals surface area contributed by atoms with Crippen LogP contribution in [0, 0.1) is 0 Å². The molecule has 0 saturated carbocycles. The van der Waals surface area contributed by atoms with Crippen LogP contribution < -0.4 is 16.4 Å². The molecule has 76 valence electrons. The van der Waals surface area contributed by atoms with Gasteiger partial charge in [0.15, 0.2) is 0 Å². The SMILES string of the molecule is CNC(=O)NCC(N)c1ccccc1. The van der Waals surface area contributed by atoms with Crippen molar-refractivity contribution in [2.45, 2.75) is 6.04 Å². The summed E-state index contributed by atoms with van der Waals surface area (Å²) in [7, 11) is 1.57. The largest absolute Gasteiger partial charge is 0.341 e. The summed E-state index contributed by atoms with van der Waals surface area (Å²) in [5, 5.41) is 5.12. The first kappa shape index (κ1) is 10.5. The fourth-order valence-corrected chi connectivity index (χ4v) is 1.11. The first-order valence-electron chi connectivity index (χ1n) is 4.50. The molecule has 0 fully saturated rings. The molecule has 14 heavy (non-hydrogen) atoms. The average Bonchev–Trinajstić information content (AvgIpc) is 2.26. The zero-order valence-electron chi connectivity index (χ0n) is 8.16. The van der Waals surface area contributed by atoms with Gasteiger partial charge in [-0.3, -0.25) is 0 Å². The molecule has 1 aromatic rings. The standard InChI is InChI=1S/C10H15N3O/c1-12-10(14)13-7-9(11)8-5-3-2-4-6-8/h2-6,9H,7,11H2,1H3,(H2,12,13,14). The van der Waals surface area contributed by atoms with Crippen LogP contribution >= 0.6 is 0 Å². The van der Waals surface area contributed by atoms with Gasteiger partial charge in [0.05, 0.1) is 0 Å². The number of nitrogens with two attached hydrogens (primary N) is 1. The fraction of sp³-hybridized carbons (Fsp3) is 0.300. The average molecular weight is 193 g/mol. The molecule has 1 atom stereocenters. The van der Waals surface area contributed by atoms with E-state index in [4.69, 9.17) is 5.73 Å².